The van der Waals surface area contributed by atoms with Gasteiger partial charge >= 0.3 is 0 Å². The molecular formula is C10H12N6. The SMILES string of the molecule is Cc1nc(-c2ccncn2)nc(NN)c1C. The molecule has 0 bridgehead atoms. The molecule has 6 nitrogen and oxygen atoms in total. The molecular weight excluding hydrogens is 204 g/mol. The Kier molecular flexibility index (Phi) is 2.74. The van der Waals surface area contributed by atoms with Gasteiger partial charge in [0.05, 0.1) is 0 Å². The second kappa shape index (κ2) is 4.19. The fourth-order valence-electron chi connectivity index (χ4n) is 1.31. The minimum absolute atomic E-state index is 0.540. The van der Waals surface area contributed by atoms with Gasteiger partial charge in [-0.15, -0.1) is 0 Å². The molecule has 0 radical (unpaired) electrons. The van der Waals surface area contributed by atoms with Crippen molar-refractivity contribution in [2.24, 2.45) is 5.84 Å². The van der Waals surface area contributed by atoms with Crippen molar-refractivity contribution in [3.8, 4) is 11.5 Å². The Balaban J connectivity index is 2.55. The van der Waals surface area contributed by atoms with Gasteiger partial charge in [0.1, 0.15) is 17.8 Å². The van der Waals surface area contributed by atoms with Crippen LogP contribution in [0.5, 0.6) is 0 Å². The molecule has 0 amide bonds. The number of aryl methyl sites for hydroxylation is 1. The largest absolute Gasteiger partial charge is 0.308 e. The summed E-state index contributed by atoms with van der Waals surface area (Å²) >= 11 is 0. The van der Waals surface area contributed by atoms with Crippen LogP contribution in [0.3, 0.4) is 0 Å². The quantitative estimate of drug-likeness (QED) is 0.571. The molecule has 0 fully saturated rings. The highest BCUT2D eigenvalue weighted by Gasteiger charge is 2.09. The maximum absolute atomic E-state index is 5.39. The summed E-state index contributed by atoms with van der Waals surface area (Å²) in [5, 5.41) is 0. The highest BCUT2D eigenvalue weighted by molar-refractivity contribution is 5.55. The van der Waals surface area contributed by atoms with Crippen LogP contribution >= 0.6 is 0 Å². The summed E-state index contributed by atoms with van der Waals surface area (Å²) < 4.78 is 0. The molecule has 6 heteroatoms. The van der Waals surface area contributed by atoms with E-state index in [4.69, 9.17) is 5.84 Å². The van der Waals surface area contributed by atoms with E-state index in [1.165, 1.54) is 6.33 Å². The molecule has 0 aliphatic heterocycles. The first-order chi connectivity index (χ1) is 7.72. The summed E-state index contributed by atoms with van der Waals surface area (Å²) in [6.07, 6.45) is 3.11. The van der Waals surface area contributed by atoms with E-state index in [-0.39, 0.29) is 0 Å². The first kappa shape index (κ1) is 10.4. The summed E-state index contributed by atoms with van der Waals surface area (Å²) in [7, 11) is 0. The van der Waals surface area contributed by atoms with Gasteiger partial charge in [-0.3, -0.25) is 0 Å². The summed E-state index contributed by atoms with van der Waals surface area (Å²) in [5.41, 5.74) is 5.03. The number of hydrazine groups is 1. The standard InChI is InChI=1S/C10H12N6/c1-6-7(2)14-10(15-9(6)16-11)8-3-4-12-5-13-8/h3-5H,11H2,1-2H3,(H,14,15,16). The number of rotatable bonds is 2. The Bertz CT molecular complexity index is 496. The topological polar surface area (TPSA) is 89.6 Å². The molecule has 0 spiro atoms. The van der Waals surface area contributed by atoms with Crippen LogP contribution in [0.25, 0.3) is 11.5 Å². The molecule has 0 saturated heterocycles. The smallest absolute Gasteiger partial charge is 0.180 e. The average Bonchev–Trinajstić information content (AvgIpc) is 2.33. The number of nitrogen functional groups attached to an aromatic ring is 1. The Morgan fingerprint density at radius 1 is 1.25 bits per heavy atom. The monoisotopic (exact) mass is 216 g/mol. The predicted octanol–water partition coefficient (Wildman–Crippen LogP) is 0.836. The van der Waals surface area contributed by atoms with Crippen molar-refractivity contribution in [3.63, 3.8) is 0 Å². The Labute approximate surface area is 93.0 Å². The third-order valence-electron chi connectivity index (χ3n) is 2.34. The van der Waals surface area contributed by atoms with Crippen LogP contribution in [0, 0.1) is 13.8 Å². The van der Waals surface area contributed by atoms with E-state index >= 15 is 0 Å². The van der Waals surface area contributed by atoms with E-state index < -0.39 is 0 Å². The molecule has 0 unspecified atom stereocenters. The van der Waals surface area contributed by atoms with Crippen molar-refractivity contribution in [1.29, 1.82) is 0 Å². The van der Waals surface area contributed by atoms with Crippen LogP contribution in [0.1, 0.15) is 11.3 Å². The Morgan fingerprint density at radius 2 is 2.06 bits per heavy atom. The number of nitrogens with zero attached hydrogens (tertiary/aromatic N) is 4. The molecule has 0 atom stereocenters. The lowest BCUT2D eigenvalue weighted by Crippen LogP contribution is -2.12. The lowest BCUT2D eigenvalue weighted by atomic mass is 10.2. The average molecular weight is 216 g/mol. The molecule has 3 N–H and O–H groups in total. The zero-order valence-corrected chi connectivity index (χ0v) is 9.10. The van der Waals surface area contributed by atoms with E-state index in [1.54, 1.807) is 12.3 Å². The van der Waals surface area contributed by atoms with Gasteiger partial charge in [-0.1, -0.05) is 0 Å². The van der Waals surface area contributed by atoms with Gasteiger partial charge < -0.3 is 5.43 Å². The van der Waals surface area contributed by atoms with Crippen LogP contribution in [-0.4, -0.2) is 19.9 Å². The van der Waals surface area contributed by atoms with Gasteiger partial charge in [-0.05, 0) is 19.9 Å². The normalized spacial score (nSPS) is 10.2. The molecule has 16 heavy (non-hydrogen) atoms. The highest BCUT2D eigenvalue weighted by Crippen LogP contribution is 2.18. The number of aromatic nitrogens is 4. The maximum atomic E-state index is 5.39. The summed E-state index contributed by atoms with van der Waals surface area (Å²) in [4.78, 5) is 16.6. The molecule has 0 aromatic carbocycles. The number of nitrogens with two attached hydrogens (primary N) is 1. The molecule has 0 aliphatic rings. The zero-order chi connectivity index (χ0) is 11.5. The fraction of sp³-hybridized carbons (Fsp3) is 0.200. The van der Waals surface area contributed by atoms with Crippen LogP contribution in [0.2, 0.25) is 0 Å². The number of hydrogen-bond donors (Lipinski definition) is 2. The lowest BCUT2D eigenvalue weighted by Gasteiger charge is -2.08. The predicted molar refractivity (Wildman–Crippen MR) is 60.3 cm³/mol. The summed E-state index contributed by atoms with van der Waals surface area (Å²) in [6, 6.07) is 1.75. The van der Waals surface area contributed by atoms with Crippen molar-refractivity contribution >= 4 is 5.82 Å². The van der Waals surface area contributed by atoms with E-state index in [9.17, 15) is 0 Å². The van der Waals surface area contributed by atoms with Gasteiger partial charge in [-0.25, -0.2) is 25.8 Å². The van der Waals surface area contributed by atoms with Crippen LogP contribution in [-0.2, 0) is 0 Å². The van der Waals surface area contributed by atoms with E-state index in [0.29, 0.717) is 17.3 Å². The molecule has 82 valence electrons. The second-order valence-corrected chi connectivity index (χ2v) is 3.35. The van der Waals surface area contributed by atoms with Gasteiger partial charge in [0.2, 0.25) is 0 Å². The number of anilines is 1. The van der Waals surface area contributed by atoms with Gasteiger partial charge in [0.25, 0.3) is 0 Å². The minimum Gasteiger partial charge on any atom is -0.308 e. The first-order valence-electron chi connectivity index (χ1n) is 4.80. The van der Waals surface area contributed by atoms with E-state index in [1.807, 2.05) is 13.8 Å². The third-order valence-corrected chi connectivity index (χ3v) is 2.34. The molecule has 2 heterocycles. The van der Waals surface area contributed by atoms with Crippen LogP contribution in [0.4, 0.5) is 5.82 Å². The van der Waals surface area contributed by atoms with Crippen molar-refractivity contribution in [3.05, 3.63) is 29.8 Å². The fourth-order valence-corrected chi connectivity index (χ4v) is 1.31. The van der Waals surface area contributed by atoms with Crippen molar-refractivity contribution < 1.29 is 0 Å². The molecule has 2 aromatic rings. The van der Waals surface area contributed by atoms with Gasteiger partial charge in [0, 0.05) is 17.5 Å². The molecule has 0 saturated carbocycles. The first-order valence-corrected chi connectivity index (χ1v) is 4.80. The van der Waals surface area contributed by atoms with Gasteiger partial charge in [0.15, 0.2) is 5.82 Å². The van der Waals surface area contributed by atoms with Crippen LogP contribution < -0.4 is 11.3 Å². The van der Waals surface area contributed by atoms with Crippen molar-refractivity contribution in [2.45, 2.75) is 13.8 Å². The maximum Gasteiger partial charge on any atom is 0.180 e. The number of nitrogens with one attached hydrogen (secondary N) is 1. The summed E-state index contributed by atoms with van der Waals surface area (Å²) in [5.74, 6) is 6.55. The Hall–Kier alpha value is -2.08. The second-order valence-electron chi connectivity index (χ2n) is 3.35. The van der Waals surface area contributed by atoms with E-state index in [0.717, 1.165) is 11.3 Å². The highest BCUT2D eigenvalue weighted by atomic mass is 15.3. The lowest BCUT2D eigenvalue weighted by molar-refractivity contribution is 1.03. The molecule has 2 aromatic heterocycles. The van der Waals surface area contributed by atoms with Gasteiger partial charge in [-0.2, -0.15) is 0 Å². The van der Waals surface area contributed by atoms with E-state index in [2.05, 4.69) is 25.4 Å². The van der Waals surface area contributed by atoms with Crippen LogP contribution in [0.15, 0.2) is 18.6 Å². The zero-order valence-electron chi connectivity index (χ0n) is 9.10. The number of hydrogen-bond acceptors (Lipinski definition) is 6. The molecule has 2 rings (SSSR count). The third kappa shape index (κ3) is 1.82. The van der Waals surface area contributed by atoms with Crippen molar-refractivity contribution in [2.75, 3.05) is 5.43 Å². The molecule has 0 aliphatic carbocycles. The Morgan fingerprint density at radius 3 is 2.69 bits per heavy atom. The van der Waals surface area contributed by atoms with Crippen molar-refractivity contribution in [1.82, 2.24) is 19.9 Å². The minimum atomic E-state index is 0.540. The summed E-state index contributed by atoms with van der Waals surface area (Å²) in [6.45, 7) is 3.82.